The lowest BCUT2D eigenvalue weighted by Gasteiger charge is -1.98. The second kappa shape index (κ2) is 5.09. The molecule has 0 aliphatic heterocycles. The monoisotopic (exact) mass is 187 g/mol. The molecular weight excluding hydrogens is 177 g/mol. The molecule has 1 rings (SSSR count). The van der Waals surface area contributed by atoms with Gasteiger partial charge in [-0.15, -0.1) is 0 Å². The van der Waals surface area contributed by atoms with Crippen molar-refractivity contribution in [2.75, 3.05) is 6.67 Å². The number of hydrogen-bond donors (Lipinski definition) is 0. The number of aromatic nitrogens is 1. The Balaban J connectivity index is 2.37. The fraction of sp³-hybridized carbons (Fsp3) is 0.444. The van der Waals surface area contributed by atoms with Crippen LogP contribution in [0.4, 0.5) is 4.39 Å². The molecule has 0 N–H and O–H groups in total. The molecule has 0 unspecified atom stereocenters. The molecule has 0 atom stereocenters. The third kappa shape index (κ3) is 3.18. The van der Waals surface area contributed by atoms with Crippen molar-refractivity contribution in [3.8, 4) is 0 Å². The third-order valence-electron chi connectivity index (χ3n) is 1.64. The van der Waals surface area contributed by atoms with Gasteiger partial charge in [0.25, 0.3) is 0 Å². The Hall–Kier alpha value is -0.630. The van der Waals surface area contributed by atoms with Crippen molar-refractivity contribution in [1.82, 2.24) is 4.98 Å². The molecule has 3 heteroatoms. The van der Waals surface area contributed by atoms with Crippen LogP contribution in [0.25, 0.3) is 0 Å². The molecule has 0 bridgehead atoms. The van der Waals surface area contributed by atoms with Crippen molar-refractivity contribution < 1.29 is 4.39 Å². The smallest absolute Gasteiger partial charge is 0.129 e. The summed E-state index contributed by atoms with van der Waals surface area (Å²) in [5.41, 5.74) is 1.12. The molecule has 1 heterocycles. The lowest BCUT2D eigenvalue weighted by molar-refractivity contribution is 0.462. The van der Waals surface area contributed by atoms with E-state index in [9.17, 15) is 4.39 Å². The van der Waals surface area contributed by atoms with Gasteiger partial charge in [-0.1, -0.05) is 17.7 Å². The van der Waals surface area contributed by atoms with Crippen LogP contribution in [0.2, 0.25) is 5.15 Å². The summed E-state index contributed by atoms with van der Waals surface area (Å²) in [7, 11) is 0. The zero-order valence-corrected chi connectivity index (χ0v) is 7.52. The molecule has 66 valence electrons. The van der Waals surface area contributed by atoms with E-state index in [1.807, 2.05) is 6.07 Å². The van der Waals surface area contributed by atoms with Gasteiger partial charge in [0.05, 0.1) is 6.67 Å². The number of rotatable bonds is 4. The number of pyridine rings is 1. The highest BCUT2D eigenvalue weighted by Crippen LogP contribution is 2.08. The number of alkyl halides is 1. The maximum absolute atomic E-state index is 11.7. The largest absolute Gasteiger partial charge is 0.251 e. The predicted octanol–water partition coefficient (Wildman–Crippen LogP) is 3.03. The fourth-order valence-electron chi connectivity index (χ4n) is 0.978. The van der Waals surface area contributed by atoms with Crippen LogP contribution in [0.3, 0.4) is 0 Å². The summed E-state index contributed by atoms with van der Waals surface area (Å²) in [6.07, 6.45) is 4.12. The average molecular weight is 188 g/mol. The normalized spacial score (nSPS) is 10.2. The van der Waals surface area contributed by atoms with Gasteiger partial charge < -0.3 is 0 Å². The highest BCUT2D eigenvalue weighted by molar-refractivity contribution is 6.29. The van der Waals surface area contributed by atoms with Crippen molar-refractivity contribution >= 4 is 11.6 Å². The van der Waals surface area contributed by atoms with E-state index < -0.39 is 0 Å². The summed E-state index contributed by atoms with van der Waals surface area (Å²) in [5, 5.41) is 0.504. The molecule has 0 amide bonds. The molecule has 0 fully saturated rings. The molecular formula is C9H11ClFN. The van der Waals surface area contributed by atoms with Gasteiger partial charge in [-0.25, -0.2) is 4.98 Å². The topological polar surface area (TPSA) is 12.9 Å². The van der Waals surface area contributed by atoms with E-state index in [4.69, 9.17) is 11.6 Å². The first-order chi connectivity index (χ1) is 5.83. The van der Waals surface area contributed by atoms with E-state index in [1.54, 1.807) is 12.3 Å². The Labute approximate surface area is 76.6 Å². The van der Waals surface area contributed by atoms with Gasteiger partial charge in [-0.3, -0.25) is 4.39 Å². The van der Waals surface area contributed by atoms with E-state index in [-0.39, 0.29) is 6.67 Å². The van der Waals surface area contributed by atoms with Crippen LogP contribution in [0.5, 0.6) is 0 Å². The fourth-order valence-corrected chi connectivity index (χ4v) is 1.09. The number of hydrogen-bond acceptors (Lipinski definition) is 1. The zero-order valence-electron chi connectivity index (χ0n) is 6.76. The molecule has 1 nitrogen and oxygen atoms in total. The summed E-state index contributed by atoms with van der Waals surface area (Å²) >= 11 is 5.60. The summed E-state index contributed by atoms with van der Waals surface area (Å²) < 4.78 is 11.7. The maximum atomic E-state index is 11.7. The summed E-state index contributed by atoms with van der Waals surface area (Å²) in [4.78, 5) is 3.93. The van der Waals surface area contributed by atoms with E-state index >= 15 is 0 Å². The van der Waals surface area contributed by atoms with Gasteiger partial charge in [0, 0.05) is 6.20 Å². The van der Waals surface area contributed by atoms with Crippen molar-refractivity contribution in [3.05, 3.63) is 29.0 Å². The Morgan fingerprint density at radius 3 is 2.75 bits per heavy atom. The molecule has 0 spiro atoms. The second-order valence-corrected chi connectivity index (χ2v) is 3.02. The summed E-state index contributed by atoms with van der Waals surface area (Å²) in [6.45, 7) is -0.235. The third-order valence-corrected chi connectivity index (χ3v) is 1.86. The van der Waals surface area contributed by atoms with Crippen LogP contribution >= 0.6 is 11.6 Å². The van der Waals surface area contributed by atoms with Gasteiger partial charge in [-0.2, -0.15) is 0 Å². The van der Waals surface area contributed by atoms with Gasteiger partial charge in [-0.05, 0) is 30.9 Å². The minimum Gasteiger partial charge on any atom is -0.251 e. The molecule has 1 aromatic rings. The van der Waals surface area contributed by atoms with Gasteiger partial charge in [0.2, 0.25) is 0 Å². The number of aryl methyl sites for hydroxylation is 1. The quantitative estimate of drug-likeness (QED) is 0.522. The molecule has 0 saturated carbocycles. The van der Waals surface area contributed by atoms with Gasteiger partial charge in [0.15, 0.2) is 0 Å². The van der Waals surface area contributed by atoms with Crippen LogP contribution in [-0.2, 0) is 6.42 Å². The molecule has 0 radical (unpaired) electrons. The van der Waals surface area contributed by atoms with E-state index in [1.165, 1.54) is 0 Å². The molecule has 0 aliphatic rings. The number of halogens is 2. The van der Waals surface area contributed by atoms with E-state index in [0.717, 1.165) is 18.4 Å². The zero-order chi connectivity index (χ0) is 8.81. The first-order valence-electron chi connectivity index (χ1n) is 3.99. The SMILES string of the molecule is FCCCCc1ccc(Cl)nc1. The first kappa shape index (κ1) is 9.46. The van der Waals surface area contributed by atoms with Crippen LogP contribution in [-0.4, -0.2) is 11.7 Å². The van der Waals surface area contributed by atoms with Crippen molar-refractivity contribution in [1.29, 1.82) is 0 Å². The maximum Gasteiger partial charge on any atom is 0.129 e. The Morgan fingerprint density at radius 1 is 1.33 bits per heavy atom. The molecule has 1 aromatic heterocycles. The highest BCUT2D eigenvalue weighted by Gasteiger charge is 1.93. The molecule has 0 aromatic carbocycles. The number of unbranched alkanes of at least 4 members (excludes halogenated alkanes) is 1. The standard InChI is InChI=1S/C9H11ClFN/c10-9-5-4-8(7-12-9)3-1-2-6-11/h4-5,7H,1-3,6H2. The first-order valence-corrected chi connectivity index (χ1v) is 4.37. The summed E-state index contributed by atoms with van der Waals surface area (Å²) in [6, 6.07) is 3.68. The number of nitrogens with zero attached hydrogens (tertiary/aromatic N) is 1. The molecule has 0 saturated heterocycles. The van der Waals surface area contributed by atoms with E-state index in [0.29, 0.717) is 11.6 Å². The van der Waals surface area contributed by atoms with Crippen molar-refractivity contribution in [3.63, 3.8) is 0 Å². The van der Waals surface area contributed by atoms with Crippen molar-refractivity contribution in [2.45, 2.75) is 19.3 Å². The Bertz CT molecular complexity index is 222. The molecule has 0 aliphatic carbocycles. The van der Waals surface area contributed by atoms with Gasteiger partial charge in [0.1, 0.15) is 5.15 Å². The summed E-state index contributed by atoms with van der Waals surface area (Å²) in [5.74, 6) is 0. The second-order valence-electron chi connectivity index (χ2n) is 2.64. The Kier molecular flexibility index (Phi) is 4.01. The highest BCUT2D eigenvalue weighted by atomic mass is 35.5. The average Bonchev–Trinajstić information content (AvgIpc) is 2.09. The minimum absolute atomic E-state index is 0.235. The van der Waals surface area contributed by atoms with Crippen LogP contribution in [0, 0.1) is 0 Å². The van der Waals surface area contributed by atoms with Crippen LogP contribution < -0.4 is 0 Å². The minimum atomic E-state index is -0.235. The van der Waals surface area contributed by atoms with Crippen LogP contribution in [0.15, 0.2) is 18.3 Å². The lowest BCUT2D eigenvalue weighted by atomic mass is 10.1. The van der Waals surface area contributed by atoms with E-state index in [2.05, 4.69) is 4.98 Å². The Morgan fingerprint density at radius 2 is 2.17 bits per heavy atom. The van der Waals surface area contributed by atoms with Gasteiger partial charge >= 0.3 is 0 Å². The van der Waals surface area contributed by atoms with Crippen molar-refractivity contribution in [2.24, 2.45) is 0 Å². The van der Waals surface area contributed by atoms with Crippen LogP contribution in [0.1, 0.15) is 18.4 Å². The molecule has 12 heavy (non-hydrogen) atoms. The predicted molar refractivity (Wildman–Crippen MR) is 48.2 cm³/mol. The lowest BCUT2D eigenvalue weighted by Crippen LogP contribution is -1.87.